The fourth-order valence-electron chi connectivity index (χ4n) is 2.99. The maximum atomic E-state index is 4.39. The predicted octanol–water partition coefficient (Wildman–Crippen LogP) is 5.23. The molecule has 0 bridgehead atoms. The minimum atomic E-state index is 0.738. The molecule has 0 nitrogen and oxygen atoms in total. The maximum absolute atomic E-state index is 4.39. The van der Waals surface area contributed by atoms with Crippen LogP contribution in [-0.4, -0.2) is 0 Å². The summed E-state index contributed by atoms with van der Waals surface area (Å²) in [6.45, 7) is 6.64. The molecule has 0 spiro atoms. The van der Waals surface area contributed by atoms with Crippen molar-refractivity contribution < 1.29 is 0 Å². The second-order valence-corrected chi connectivity index (χ2v) is 5.27. The smallest absolute Gasteiger partial charge is 0.0162 e. The molecule has 1 fully saturated rings. The molecule has 0 amide bonds. The molecule has 1 saturated carbocycles. The van der Waals surface area contributed by atoms with E-state index in [1.54, 1.807) is 0 Å². The van der Waals surface area contributed by atoms with Crippen molar-refractivity contribution in [1.29, 1.82) is 0 Å². The molecule has 0 N–H and O–H groups in total. The van der Waals surface area contributed by atoms with Crippen LogP contribution in [0.25, 0.3) is 5.57 Å². The number of rotatable bonds is 4. The molecule has 0 saturated heterocycles. The van der Waals surface area contributed by atoms with Gasteiger partial charge in [-0.1, -0.05) is 63.5 Å². The van der Waals surface area contributed by atoms with Crippen LogP contribution >= 0.6 is 0 Å². The Morgan fingerprint density at radius 2 is 1.88 bits per heavy atom. The van der Waals surface area contributed by atoms with Crippen LogP contribution in [0, 0.1) is 5.92 Å². The Labute approximate surface area is 106 Å². The second-order valence-electron chi connectivity index (χ2n) is 5.27. The van der Waals surface area contributed by atoms with Crippen molar-refractivity contribution in [2.45, 2.75) is 51.9 Å². The first kappa shape index (κ1) is 12.4. The summed E-state index contributed by atoms with van der Waals surface area (Å²) < 4.78 is 0. The molecule has 1 aromatic carbocycles. The first-order chi connectivity index (χ1) is 8.33. The molecule has 1 aliphatic rings. The van der Waals surface area contributed by atoms with Gasteiger partial charge in [0.15, 0.2) is 0 Å². The van der Waals surface area contributed by atoms with E-state index in [0.29, 0.717) is 0 Å². The van der Waals surface area contributed by atoms with E-state index in [4.69, 9.17) is 0 Å². The van der Waals surface area contributed by atoms with Crippen LogP contribution in [0.1, 0.15) is 56.6 Å². The third-order valence-electron chi connectivity index (χ3n) is 3.98. The number of aryl methyl sites for hydroxylation is 1. The quantitative estimate of drug-likeness (QED) is 0.661. The standard InChI is InChI=1S/C17H24/c1-3-9-16-12-7-8-13-17(16)14(2)15-10-5-4-6-11-15/h7-8,12-13,15H,2-6,9-11H2,1H3. The molecule has 17 heavy (non-hydrogen) atoms. The molecule has 2 rings (SSSR count). The van der Waals surface area contributed by atoms with Crippen LogP contribution in [0.2, 0.25) is 0 Å². The lowest BCUT2D eigenvalue weighted by molar-refractivity contribution is 0.429. The van der Waals surface area contributed by atoms with Gasteiger partial charge in [0.2, 0.25) is 0 Å². The van der Waals surface area contributed by atoms with E-state index in [0.717, 1.165) is 5.92 Å². The largest absolute Gasteiger partial charge is 0.0949 e. The normalized spacial score (nSPS) is 17.0. The van der Waals surface area contributed by atoms with E-state index in [-0.39, 0.29) is 0 Å². The summed E-state index contributed by atoms with van der Waals surface area (Å²) in [7, 11) is 0. The molecule has 92 valence electrons. The van der Waals surface area contributed by atoms with Crippen molar-refractivity contribution in [2.75, 3.05) is 0 Å². The first-order valence-electron chi connectivity index (χ1n) is 7.10. The van der Waals surface area contributed by atoms with Crippen molar-refractivity contribution in [2.24, 2.45) is 5.92 Å². The first-order valence-corrected chi connectivity index (χ1v) is 7.10. The van der Waals surface area contributed by atoms with Gasteiger partial charge in [0, 0.05) is 0 Å². The summed E-state index contributed by atoms with van der Waals surface area (Å²) in [5.41, 5.74) is 4.32. The molecule has 0 atom stereocenters. The Morgan fingerprint density at radius 3 is 2.59 bits per heavy atom. The summed E-state index contributed by atoms with van der Waals surface area (Å²) in [4.78, 5) is 0. The van der Waals surface area contributed by atoms with Gasteiger partial charge in [-0.2, -0.15) is 0 Å². The summed E-state index contributed by atoms with van der Waals surface area (Å²) >= 11 is 0. The number of hydrogen-bond acceptors (Lipinski definition) is 0. The summed E-state index contributed by atoms with van der Waals surface area (Å²) in [5, 5.41) is 0. The number of allylic oxidation sites excluding steroid dienone is 1. The maximum Gasteiger partial charge on any atom is -0.0162 e. The lowest BCUT2D eigenvalue weighted by Crippen LogP contribution is -2.09. The Morgan fingerprint density at radius 1 is 1.18 bits per heavy atom. The van der Waals surface area contributed by atoms with Crippen molar-refractivity contribution in [3.8, 4) is 0 Å². The van der Waals surface area contributed by atoms with Crippen molar-refractivity contribution in [3.63, 3.8) is 0 Å². The Bertz CT molecular complexity index is 369. The molecular weight excluding hydrogens is 204 g/mol. The van der Waals surface area contributed by atoms with Crippen LogP contribution in [0.4, 0.5) is 0 Å². The molecule has 0 aromatic heterocycles. The Balaban J connectivity index is 2.17. The van der Waals surface area contributed by atoms with Crippen LogP contribution < -0.4 is 0 Å². The molecule has 0 unspecified atom stereocenters. The summed E-state index contributed by atoms with van der Waals surface area (Å²) in [6.07, 6.45) is 9.29. The van der Waals surface area contributed by atoms with Gasteiger partial charge in [-0.3, -0.25) is 0 Å². The highest BCUT2D eigenvalue weighted by Gasteiger charge is 2.18. The Hall–Kier alpha value is -1.04. The van der Waals surface area contributed by atoms with E-state index in [2.05, 4.69) is 37.8 Å². The summed E-state index contributed by atoms with van der Waals surface area (Å²) in [6, 6.07) is 8.85. The summed E-state index contributed by atoms with van der Waals surface area (Å²) in [5.74, 6) is 0.738. The topological polar surface area (TPSA) is 0 Å². The van der Waals surface area contributed by atoms with Gasteiger partial charge in [-0.05, 0) is 41.9 Å². The second kappa shape index (κ2) is 6.05. The SMILES string of the molecule is C=C(c1ccccc1CCC)C1CCCCC1. The average Bonchev–Trinajstić information content (AvgIpc) is 2.40. The highest BCUT2D eigenvalue weighted by atomic mass is 14.2. The third-order valence-corrected chi connectivity index (χ3v) is 3.98. The van der Waals surface area contributed by atoms with Crippen molar-refractivity contribution >= 4 is 5.57 Å². The molecule has 0 aliphatic heterocycles. The lowest BCUT2D eigenvalue weighted by Gasteiger charge is -2.25. The predicted molar refractivity (Wildman–Crippen MR) is 76.0 cm³/mol. The van der Waals surface area contributed by atoms with Gasteiger partial charge in [0.25, 0.3) is 0 Å². The molecule has 1 aliphatic carbocycles. The number of hydrogen-bond donors (Lipinski definition) is 0. The van der Waals surface area contributed by atoms with Gasteiger partial charge in [0.1, 0.15) is 0 Å². The molecule has 0 heterocycles. The van der Waals surface area contributed by atoms with Gasteiger partial charge < -0.3 is 0 Å². The van der Waals surface area contributed by atoms with Crippen LogP contribution in [-0.2, 0) is 6.42 Å². The average molecular weight is 228 g/mol. The zero-order chi connectivity index (χ0) is 12.1. The minimum Gasteiger partial charge on any atom is -0.0949 e. The zero-order valence-corrected chi connectivity index (χ0v) is 11.0. The molecular formula is C17H24. The highest BCUT2D eigenvalue weighted by Crippen LogP contribution is 2.35. The molecule has 1 aromatic rings. The van der Waals surface area contributed by atoms with E-state index >= 15 is 0 Å². The Kier molecular flexibility index (Phi) is 4.42. The van der Waals surface area contributed by atoms with Crippen molar-refractivity contribution in [1.82, 2.24) is 0 Å². The van der Waals surface area contributed by atoms with Gasteiger partial charge in [-0.15, -0.1) is 0 Å². The lowest BCUT2D eigenvalue weighted by atomic mass is 9.80. The molecule has 0 radical (unpaired) electrons. The van der Waals surface area contributed by atoms with Gasteiger partial charge in [0.05, 0.1) is 0 Å². The fraction of sp³-hybridized carbons (Fsp3) is 0.529. The number of benzene rings is 1. The van der Waals surface area contributed by atoms with E-state index < -0.39 is 0 Å². The van der Waals surface area contributed by atoms with E-state index in [9.17, 15) is 0 Å². The molecule has 0 heteroatoms. The monoisotopic (exact) mass is 228 g/mol. The minimum absolute atomic E-state index is 0.738. The van der Waals surface area contributed by atoms with Gasteiger partial charge in [-0.25, -0.2) is 0 Å². The van der Waals surface area contributed by atoms with E-state index in [1.165, 1.54) is 61.6 Å². The highest BCUT2D eigenvalue weighted by molar-refractivity contribution is 5.68. The van der Waals surface area contributed by atoms with Crippen LogP contribution in [0.15, 0.2) is 30.8 Å². The van der Waals surface area contributed by atoms with Crippen molar-refractivity contribution in [3.05, 3.63) is 42.0 Å². The fourth-order valence-corrected chi connectivity index (χ4v) is 2.99. The zero-order valence-electron chi connectivity index (χ0n) is 11.0. The third kappa shape index (κ3) is 3.00. The van der Waals surface area contributed by atoms with Gasteiger partial charge >= 0.3 is 0 Å². The van der Waals surface area contributed by atoms with E-state index in [1.807, 2.05) is 0 Å². The van der Waals surface area contributed by atoms with Crippen LogP contribution in [0.3, 0.4) is 0 Å². The van der Waals surface area contributed by atoms with Crippen LogP contribution in [0.5, 0.6) is 0 Å².